The number of benzene rings is 2. The third-order valence-corrected chi connectivity index (χ3v) is 10.5. The molecule has 0 aliphatic carbocycles. The Kier molecular flexibility index (Phi) is 8.76. The van der Waals surface area contributed by atoms with Gasteiger partial charge < -0.3 is 29.7 Å². The maximum absolute atomic E-state index is 13.6. The molecule has 48 heavy (non-hydrogen) atoms. The second-order valence-corrected chi connectivity index (χ2v) is 13.8. The van der Waals surface area contributed by atoms with Gasteiger partial charge in [0.15, 0.2) is 6.23 Å². The fraction of sp³-hybridized carbons (Fsp3) is 0.351. The first-order valence-corrected chi connectivity index (χ1v) is 17.2. The van der Waals surface area contributed by atoms with Gasteiger partial charge >= 0.3 is 5.97 Å². The number of hydrogen-bond donors (Lipinski definition) is 2. The van der Waals surface area contributed by atoms with Crippen molar-refractivity contribution in [3.05, 3.63) is 99.4 Å². The van der Waals surface area contributed by atoms with Crippen LogP contribution in [-0.2, 0) is 9.47 Å². The summed E-state index contributed by atoms with van der Waals surface area (Å²) in [7, 11) is 0. The lowest BCUT2D eigenvalue weighted by molar-refractivity contribution is -0.000511. The maximum atomic E-state index is 13.6. The average Bonchev–Trinajstić information content (AvgIpc) is 3.58. The van der Waals surface area contributed by atoms with E-state index in [0.717, 1.165) is 66.7 Å². The number of hydrogen-bond acceptors (Lipinski definition) is 10. The zero-order valence-electron chi connectivity index (χ0n) is 27.3. The van der Waals surface area contributed by atoms with Crippen LogP contribution >= 0.6 is 11.3 Å². The summed E-state index contributed by atoms with van der Waals surface area (Å²) in [5, 5.41) is 14.8. The number of fused-ring (bicyclic) bond motifs is 1. The Morgan fingerprint density at radius 1 is 1.10 bits per heavy atom. The average molecular weight is 666 g/mol. The summed E-state index contributed by atoms with van der Waals surface area (Å²) in [6.07, 6.45) is 2.88. The van der Waals surface area contributed by atoms with Crippen LogP contribution in [0.25, 0.3) is 0 Å². The minimum absolute atomic E-state index is 0.222. The van der Waals surface area contributed by atoms with Crippen molar-refractivity contribution in [3.63, 3.8) is 0 Å². The molecule has 0 saturated carbocycles. The number of aliphatic hydroxyl groups is 1. The molecule has 248 valence electrons. The van der Waals surface area contributed by atoms with Gasteiger partial charge in [-0.15, -0.1) is 11.3 Å². The molecule has 2 N–H and O–H groups in total. The standard InChI is InChI=1S/C37H39N5O5S/c1-4-47-36(45)31-14-13-30(48-31)32-24(3)42(29-8-6-5-7-28(29)40-32)35(44)25-9-11-26(12-10-25)39-34(43)27-19-23(2)20-38-33(27)41-21-37(22-41)15-17-46-18-16-37/h5-14,19-20,24,35,44H,4,15-18,21-22H2,1-3H3,(H,39,43)/t24-,35?/m0/s1. The van der Waals surface area contributed by atoms with Gasteiger partial charge in [0.2, 0.25) is 0 Å². The number of ether oxygens (including phenoxy) is 2. The maximum Gasteiger partial charge on any atom is 0.348 e. The zero-order chi connectivity index (χ0) is 33.4. The van der Waals surface area contributed by atoms with Crippen LogP contribution in [0.2, 0.25) is 0 Å². The Bertz CT molecular complexity index is 1860. The van der Waals surface area contributed by atoms with Gasteiger partial charge in [-0.25, -0.2) is 14.8 Å². The molecule has 1 unspecified atom stereocenters. The highest BCUT2D eigenvalue weighted by atomic mass is 32.1. The number of aliphatic imine (C=N–C) groups is 1. The lowest BCUT2D eigenvalue weighted by Gasteiger charge is -2.53. The van der Waals surface area contributed by atoms with E-state index in [1.807, 2.05) is 73.5 Å². The lowest BCUT2D eigenvalue weighted by Crippen LogP contribution is -2.59. The molecular formula is C37H39N5O5S. The number of nitrogens with one attached hydrogen (secondary N) is 1. The molecule has 3 aliphatic heterocycles. The first-order valence-electron chi connectivity index (χ1n) is 16.4. The first-order chi connectivity index (χ1) is 23.2. The predicted molar refractivity (Wildman–Crippen MR) is 188 cm³/mol. The summed E-state index contributed by atoms with van der Waals surface area (Å²) in [6.45, 7) is 9.35. The van der Waals surface area contributed by atoms with E-state index >= 15 is 0 Å². The summed E-state index contributed by atoms with van der Waals surface area (Å²) in [5.41, 5.74) is 5.28. The molecule has 4 aromatic rings. The SMILES string of the molecule is CCOC(=O)c1ccc(C2=Nc3ccccc3N(C(O)c3ccc(NC(=O)c4cc(C)cnc4N4CC5(CCOCC5)C4)cc3)[C@H]2C)s1. The van der Waals surface area contributed by atoms with Crippen molar-refractivity contribution in [1.29, 1.82) is 0 Å². The Hall–Kier alpha value is -4.58. The molecule has 2 aromatic heterocycles. The Morgan fingerprint density at radius 2 is 1.85 bits per heavy atom. The summed E-state index contributed by atoms with van der Waals surface area (Å²) in [4.78, 5) is 41.0. The van der Waals surface area contributed by atoms with Crippen LogP contribution in [0.1, 0.15) is 69.0 Å². The van der Waals surface area contributed by atoms with Gasteiger partial charge in [-0.3, -0.25) is 4.79 Å². The van der Waals surface area contributed by atoms with Crippen molar-refractivity contribution in [2.45, 2.75) is 45.9 Å². The van der Waals surface area contributed by atoms with E-state index in [-0.39, 0.29) is 23.3 Å². The van der Waals surface area contributed by atoms with Gasteiger partial charge in [-0.1, -0.05) is 24.3 Å². The topological polar surface area (TPSA) is 117 Å². The molecule has 1 amide bonds. The van der Waals surface area contributed by atoms with Gasteiger partial charge in [0.25, 0.3) is 5.91 Å². The number of anilines is 3. The van der Waals surface area contributed by atoms with E-state index in [4.69, 9.17) is 14.5 Å². The van der Waals surface area contributed by atoms with Gasteiger partial charge in [-0.2, -0.15) is 0 Å². The molecule has 7 rings (SSSR count). The lowest BCUT2D eigenvalue weighted by atomic mass is 9.73. The fourth-order valence-corrected chi connectivity index (χ4v) is 7.82. The minimum Gasteiger partial charge on any atom is -0.462 e. The van der Waals surface area contributed by atoms with E-state index in [0.29, 0.717) is 34.1 Å². The van der Waals surface area contributed by atoms with Gasteiger partial charge in [0.1, 0.15) is 10.7 Å². The van der Waals surface area contributed by atoms with Crippen LogP contribution < -0.4 is 15.1 Å². The first kappa shape index (κ1) is 32.0. The number of aryl methyl sites for hydroxylation is 1. The number of nitrogens with zero attached hydrogens (tertiary/aromatic N) is 4. The highest BCUT2D eigenvalue weighted by Gasteiger charge is 2.45. The van der Waals surface area contributed by atoms with E-state index in [1.165, 1.54) is 11.3 Å². The second kappa shape index (κ2) is 13.1. The van der Waals surface area contributed by atoms with Gasteiger partial charge in [0, 0.05) is 49.2 Å². The molecule has 2 aromatic carbocycles. The number of rotatable bonds is 8. The quantitative estimate of drug-likeness (QED) is 0.205. The molecule has 2 atom stereocenters. The summed E-state index contributed by atoms with van der Waals surface area (Å²) in [6, 6.07) is 20.2. The van der Waals surface area contributed by atoms with Crippen molar-refractivity contribution in [2.75, 3.05) is 48.0 Å². The molecule has 10 nitrogen and oxygen atoms in total. The molecule has 5 heterocycles. The summed E-state index contributed by atoms with van der Waals surface area (Å²) >= 11 is 1.33. The zero-order valence-corrected chi connectivity index (χ0v) is 28.1. The number of thiophene rings is 1. The molecule has 11 heteroatoms. The highest BCUT2D eigenvalue weighted by molar-refractivity contribution is 7.16. The number of esters is 1. The van der Waals surface area contributed by atoms with Crippen molar-refractivity contribution >= 4 is 51.8 Å². The third-order valence-electron chi connectivity index (χ3n) is 9.43. The summed E-state index contributed by atoms with van der Waals surface area (Å²) in [5.74, 6) is 0.124. The molecule has 1 spiro atoms. The fourth-order valence-electron chi connectivity index (χ4n) is 6.85. The number of para-hydroxylation sites is 2. The van der Waals surface area contributed by atoms with Crippen LogP contribution in [0.4, 0.5) is 22.9 Å². The number of amides is 1. The van der Waals surface area contributed by atoms with Crippen molar-refractivity contribution in [1.82, 2.24) is 4.98 Å². The van der Waals surface area contributed by atoms with Crippen molar-refractivity contribution in [3.8, 4) is 0 Å². The normalized spacial score (nSPS) is 18.8. The van der Waals surface area contributed by atoms with Crippen LogP contribution in [0.5, 0.6) is 0 Å². The molecule has 0 radical (unpaired) electrons. The van der Waals surface area contributed by atoms with Crippen LogP contribution in [0.15, 0.2) is 77.9 Å². The van der Waals surface area contributed by atoms with Gasteiger partial charge in [-0.05, 0) is 81.6 Å². The van der Waals surface area contributed by atoms with Crippen molar-refractivity contribution < 1.29 is 24.2 Å². The number of carbonyl (C=O) groups is 2. The number of pyridine rings is 1. The number of aromatic nitrogens is 1. The third kappa shape index (κ3) is 6.09. The monoisotopic (exact) mass is 665 g/mol. The molecule has 2 saturated heterocycles. The molecule has 3 aliphatic rings. The molecule has 2 fully saturated rings. The Balaban J connectivity index is 1.08. The van der Waals surface area contributed by atoms with Crippen LogP contribution in [0.3, 0.4) is 0 Å². The smallest absolute Gasteiger partial charge is 0.348 e. The number of aliphatic hydroxyl groups excluding tert-OH is 1. The highest BCUT2D eigenvalue weighted by Crippen LogP contribution is 2.43. The molecular weight excluding hydrogens is 627 g/mol. The van der Waals surface area contributed by atoms with Gasteiger partial charge in [0.05, 0.1) is 40.2 Å². The van der Waals surface area contributed by atoms with E-state index in [2.05, 4.69) is 15.2 Å². The predicted octanol–water partition coefficient (Wildman–Crippen LogP) is 6.52. The summed E-state index contributed by atoms with van der Waals surface area (Å²) < 4.78 is 10.8. The van der Waals surface area contributed by atoms with Crippen LogP contribution in [0, 0.1) is 12.3 Å². The Morgan fingerprint density at radius 3 is 2.60 bits per heavy atom. The van der Waals surface area contributed by atoms with Crippen molar-refractivity contribution in [2.24, 2.45) is 10.4 Å². The Labute approximate surface area is 284 Å². The van der Waals surface area contributed by atoms with E-state index in [9.17, 15) is 14.7 Å². The minimum atomic E-state index is -1.00. The number of carbonyl (C=O) groups excluding carboxylic acids is 2. The van der Waals surface area contributed by atoms with E-state index in [1.54, 1.807) is 25.1 Å². The second-order valence-electron chi connectivity index (χ2n) is 12.8. The van der Waals surface area contributed by atoms with E-state index < -0.39 is 6.23 Å². The molecule has 0 bridgehead atoms. The largest absolute Gasteiger partial charge is 0.462 e. The van der Waals surface area contributed by atoms with Crippen LogP contribution in [-0.4, -0.2) is 66.6 Å².